The molecule has 2 heterocycles. The zero-order chi connectivity index (χ0) is 19.0. The van der Waals surface area contributed by atoms with Crippen molar-refractivity contribution in [1.82, 2.24) is 5.32 Å². The second kappa shape index (κ2) is 7.17. The summed E-state index contributed by atoms with van der Waals surface area (Å²) in [7, 11) is 0. The number of ether oxygens (including phenoxy) is 1. The van der Waals surface area contributed by atoms with E-state index in [0.717, 1.165) is 11.1 Å². The summed E-state index contributed by atoms with van der Waals surface area (Å²) in [5.41, 5.74) is 3.73. The molecular weight excluding hydrogens is 380 g/mol. The van der Waals surface area contributed by atoms with Gasteiger partial charge in [0.1, 0.15) is 10.1 Å². The minimum atomic E-state index is -0.202. The normalized spacial score (nSPS) is 17.7. The van der Waals surface area contributed by atoms with Gasteiger partial charge in [-0.2, -0.15) is 0 Å². The van der Waals surface area contributed by atoms with Crippen LogP contribution in [0.1, 0.15) is 16.7 Å². The summed E-state index contributed by atoms with van der Waals surface area (Å²) in [5, 5.41) is 2.60. The van der Waals surface area contributed by atoms with Gasteiger partial charge in [0.25, 0.3) is 11.8 Å². The summed E-state index contributed by atoms with van der Waals surface area (Å²) < 4.78 is 6.02. The third kappa shape index (κ3) is 3.74. The van der Waals surface area contributed by atoms with Gasteiger partial charge in [-0.1, -0.05) is 59.9 Å². The maximum Gasteiger partial charge on any atom is 0.265 e. The van der Waals surface area contributed by atoms with Crippen molar-refractivity contribution in [3.63, 3.8) is 0 Å². The largest absolute Gasteiger partial charge is 0.482 e. The van der Waals surface area contributed by atoms with Gasteiger partial charge < -0.3 is 15.0 Å². The fourth-order valence-corrected chi connectivity index (χ4v) is 3.97. The number of aryl methyl sites for hydroxylation is 1. The van der Waals surface area contributed by atoms with Crippen LogP contribution in [0.4, 0.5) is 5.69 Å². The Balaban J connectivity index is 1.67. The topological polar surface area (TPSA) is 58.6 Å². The number of hydrogen-bond donors (Lipinski definition) is 1. The number of fused-ring (bicyclic) bond motifs is 1. The first-order valence-corrected chi connectivity index (χ1v) is 9.60. The van der Waals surface area contributed by atoms with Gasteiger partial charge >= 0.3 is 0 Å². The zero-order valence-electron chi connectivity index (χ0n) is 14.5. The number of carbonyl (C=O) groups excluding carboxylic acids is 2. The van der Waals surface area contributed by atoms with Crippen molar-refractivity contribution in [1.29, 1.82) is 0 Å². The molecule has 0 saturated carbocycles. The van der Waals surface area contributed by atoms with Crippen molar-refractivity contribution in [2.24, 2.45) is 0 Å². The average Bonchev–Trinajstić information content (AvgIpc) is 2.96. The Labute approximate surface area is 166 Å². The Hall–Kier alpha value is -2.64. The van der Waals surface area contributed by atoms with Gasteiger partial charge in [-0.25, -0.2) is 0 Å². The molecule has 0 aromatic heterocycles. The quantitative estimate of drug-likeness (QED) is 0.636. The first kappa shape index (κ1) is 17.8. The lowest BCUT2D eigenvalue weighted by atomic mass is 10.1. The van der Waals surface area contributed by atoms with Crippen molar-refractivity contribution < 1.29 is 14.3 Å². The van der Waals surface area contributed by atoms with E-state index in [9.17, 15) is 9.59 Å². The number of carbonyl (C=O) groups is 2. The van der Waals surface area contributed by atoms with Crippen molar-refractivity contribution >= 4 is 51.9 Å². The Morgan fingerprint density at radius 1 is 1.22 bits per heavy atom. The summed E-state index contributed by atoms with van der Waals surface area (Å²) >= 11 is 6.25. The number of anilines is 1. The van der Waals surface area contributed by atoms with Gasteiger partial charge in [0, 0.05) is 0 Å². The first-order chi connectivity index (χ1) is 13.0. The van der Waals surface area contributed by atoms with E-state index in [0.29, 0.717) is 27.2 Å². The summed E-state index contributed by atoms with van der Waals surface area (Å²) in [5.74, 6) is 0.358. The summed E-state index contributed by atoms with van der Waals surface area (Å²) in [6, 6.07) is 13.6. The second-order valence-corrected chi connectivity index (χ2v) is 8.05. The van der Waals surface area contributed by atoms with E-state index in [-0.39, 0.29) is 18.4 Å². The zero-order valence-corrected chi connectivity index (χ0v) is 16.2. The van der Waals surface area contributed by atoms with Gasteiger partial charge in [-0.15, -0.1) is 0 Å². The number of nitrogens with zero attached hydrogens (tertiary/aromatic N) is 1. The van der Waals surface area contributed by atoms with Crippen LogP contribution in [0, 0.1) is 6.92 Å². The third-order valence-corrected chi connectivity index (χ3v) is 5.49. The summed E-state index contributed by atoms with van der Waals surface area (Å²) in [4.78, 5) is 26.6. The van der Waals surface area contributed by atoms with E-state index >= 15 is 0 Å². The molecule has 2 aromatic rings. The van der Waals surface area contributed by atoms with Crippen LogP contribution >= 0.6 is 24.0 Å². The van der Waals surface area contributed by atoms with Crippen LogP contribution in [0.5, 0.6) is 5.75 Å². The van der Waals surface area contributed by atoms with Gasteiger partial charge in [0.15, 0.2) is 6.61 Å². The molecule has 2 aliphatic heterocycles. The molecule has 1 saturated heterocycles. The van der Waals surface area contributed by atoms with Crippen LogP contribution in [0.15, 0.2) is 47.4 Å². The van der Waals surface area contributed by atoms with E-state index in [2.05, 4.69) is 5.32 Å². The minimum absolute atomic E-state index is 0.0197. The van der Waals surface area contributed by atoms with Crippen LogP contribution in [-0.4, -0.2) is 22.7 Å². The van der Waals surface area contributed by atoms with Gasteiger partial charge in [-0.3, -0.25) is 9.59 Å². The van der Waals surface area contributed by atoms with Crippen LogP contribution in [0.2, 0.25) is 0 Å². The molecule has 27 heavy (non-hydrogen) atoms. The molecule has 1 N–H and O–H groups in total. The number of hydrogen-bond acceptors (Lipinski definition) is 5. The fourth-order valence-electron chi connectivity index (χ4n) is 2.93. The molecule has 2 aliphatic rings. The standard InChI is InChI=1S/C20H16N2O3S2/c1-12-2-4-13(5-3-12)10-22-15-8-14(6-7-16(15)25-11-18(22)23)9-17-19(24)21-20(26)27-17/h2-9H,10-11H2,1H3,(H,21,24,26)/b17-9-. The lowest BCUT2D eigenvalue weighted by molar-refractivity contribution is -0.121. The monoisotopic (exact) mass is 396 g/mol. The lowest BCUT2D eigenvalue weighted by Gasteiger charge is -2.29. The molecule has 0 radical (unpaired) electrons. The second-order valence-electron chi connectivity index (χ2n) is 6.33. The third-order valence-electron chi connectivity index (χ3n) is 4.33. The van der Waals surface area contributed by atoms with Crippen molar-refractivity contribution in [2.45, 2.75) is 13.5 Å². The molecule has 1 fully saturated rings. The average molecular weight is 396 g/mol. The summed E-state index contributed by atoms with van der Waals surface area (Å²) in [6.45, 7) is 2.52. The predicted octanol–water partition coefficient (Wildman–Crippen LogP) is 3.41. The number of rotatable bonds is 3. The number of benzene rings is 2. The van der Waals surface area contributed by atoms with E-state index in [1.54, 1.807) is 11.0 Å². The Morgan fingerprint density at radius 2 is 2.00 bits per heavy atom. The van der Waals surface area contributed by atoms with E-state index < -0.39 is 0 Å². The molecule has 0 atom stereocenters. The number of thioether (sulfide) groups is 1. The SMILES string of the molecule is Cc1ccc(CN2C(=O)COc3ccc(/C=C4\SC(=S)NC4=O)cc32)cc1. The first-order valence-electron chi connectivity index (χ1n) is 8.37. The molecule has 0 unspecified atom stereocenters. The fraction of sp³-hybridized carbons (Fsp3) is 0.150. The van der Waals surface area contributed by atoms with E-state index in [1.807, 2.05) is 49.4 Å². The molecule has 136 valence electrons. The molecule has 7 heteroatoms. The predicted molar refractivity (Wildman–Crippen MR) is 111 cm³/mol. The highest BCUT2D eigenvalue weighted by Crippen LogP contribution is 2.35. The van der Waals surface area contributed by atoms with Crippen LogP contribution in [0.3, 0.4) is 0 Å². The number of nitrogens with one attached hydrogen (secondary N) is 1. The van der Waals surface area contributed by atoms with Gasteiger partial charge in [0.2, 0.25) is 0 Å². The molecule has 5 nitrogen and oxygen atoms in total. The Bertz CT molecular complexity index is 983. The van der Waals surface area contributed by atoms with Gasteiger partial charge in [-0.05, 0) is 36.3 Å². The van der Waals surface area contributed by atoms with Crippen molar-refractivity contribution in [3.05, 3.63) is 64.1 Å². The highest BCUT2D eigenvalue weighted by molar-refractivity contribution is 8.26. The molecule has 0 aliphatic carbocycles. The van der Waals surface area contributed by atoms with Crippen molar-refractivity contribution in [3.8, 4) is 5.75 Å². The summed E-state index contributed by atoms with van der Waals surface area (Å²) in [6.07, 6.45) is 1.77. The smallest absolute Gasteiger partial charge is 0.265 e. The highest BCUT2D eigenvalue weighted by Gasteiger charge is 2.27. The van der Waals surface area contributed by atoms with Crippen molar-refractivity contribution in [2.75, 3.05) is 11.5 Å². The maximum atomic E-state index is 12.5. The minimum Gasteiger partial charge on any atom is -0.482 e. The maximum absolute atomic E-state index is 12.5. The molecule has 0 spiro atoms. The van der Waals surface area contributed by atoms with Crippen LogP contribution < -0.4 is 15.0 Å². The Morgan fingerprint density at radius 3 is 2.70 bits per heavy atom. The highest BCUT2D eigenvalue weighted by atomic mass is 32.2. The van der Waals surface area contributed by atoms with Crippen LogP contribution in [0.25, 0.3) is 6.08 Å². The number of amides is 2. The molecule has 4 rings (SSSR count). The lowest BCUT2D eigenvalue weighted by Crippen LogP contribution is -2.38. The molecule has 2 aromatic carbocycles. The van der Waals surface area contributed by atoms with E-state index in [4.69, 9.17) is 17.0 Å². The molecule has 2 amide bonds. The van der Waals surface area contributed by atoms with E-state index in [1.165, 1.54) is 17.3 Å². The number of thiocarbonyl (C=S) groups is 1. The van der Waals surface area contributed by atoms with Crippen LogP contribution in [-0.2, 0) is 16.1 Å². The molecule has 0 bridgehead atoms. The molecular formula is C20H16N2O3S2. The Kier molecular flexibility index (Phi) is 4.72. The van der Waals surface area contributed by atoms with Gasteiger partial charge in [0.05, 0.1) is 17.1 Å².